The Balaban J connectivity index is 2.33. The maximum absolute atomic E-state index is 5.43. The summed E-state index contributed by atoms with van der Waals surface area (Å²) >= 11 is 0. The molecule has 3 unspecified atom stereocenters. The number of ether oxygens (including phenoxy) is 1. The van der Waals surface area contributed by atoms with E-state index in [4.69, 9.17) is 10.6 Å². The molecule has 0 aromatic rings. The summed E-state index contributed by atoms with van der Waals surface area (Å²) < 4.78 is 5.04. The molecule has 0 radical (unpaired) electrons. The molecule has 0 aliphatic heterocycles. The predicted octanol–water partition coefficient (Wildman–Crippen LogP) is 0.619. The number of hydrogen-bond donors (Lipinski definition) is 3. The Labute approximate surface area is 97.8 Å². The monoisotopic (exact) mass is 228 g/mol. The molecular weight excluding hydrogens is 204 g/mol. The third-order valence-electron chi connectivity index (χ3n) is 2.78. The van der Waals surface area contributed by atoms with Crippen molar-refractivity contribution >= 4 is 5.96 Å². The summed E-state index contributed by atoms with van der Waals surface area (Å²) in [6.07, 6.45) is 3.69. The van der Waals surface area contributed by atoms with Gasteiger partial charge in [-0.15, -0.1) is 0 Å². The number of hydrazine groups is 1. The molecule has 5 nitrogen and oxygen atoms in total. The quantitative estimate of drug-likeness (QED) is 0.270. The lowest BCUT2D eigenvalue weighted by molar-refractivity contribution is 0.179. The van der Waals surface area contributed by atoms with Gasteiger partial charge >= 0.3 is 0 Å². The first kappa shape index (κ1) is 13.3. The van der Waals surface area contributed by atoms with Crippen LogP contribution in [-0.4, -0.2) is 31.8 Å². The van der Waals surface area contributed by atoms with Gasteiger partial charge in [-0.2, -0.15) is 0 Å². The predicted molar refractivity (Wildman–Crippen MR) is 66.0 cm³/mol. The number of methoxy groups -OCH3 is 1. The zero-order valence-corrected chi connectivity index (χ0v) is 10.5. The van der Waals surface area contributed by atoms with E-state index < -0.39 is 0 Å². The van der Waals surface area contributed by atoms with Crippen LogP contribution in [0.25, 0.3) is 0 Å². The molecule has 4 N–H and O–H groups in total. The second-order valence-electron chi connectivity index (χ2n) is 4.47. The van der Waals surface area contributed by atoms with Crippen molar-refractivity contribution in [2.24, 2.45) is 16.8 Å². The van der Waals surface area contributed by atoms with Crippen molar-refractivity contribution in [2.75, 3.05) is 13.7 Å². The van der Waals surface area contributed by atoms with E-state index in [0.29, 0.717) is 18.6 Å². The molecule has 1 aliphatic rings. The average molecular weight is 228 g/mol. The SMILES string of the molecule is CCCC1CC1N=C(NN)NC(C)COC. The zero-order valence-electron chi connectivity index (χ0n) is 10.5. The Morgan fingerprint density at radius 2 is 2.38 bits per heavy atom. The van der Waals surface area contributed by atoms with E-state index in [0.717, 1.165) is 5.92 Å². The summed E-state index contributed by atoms with van der Waals surface area (Å²) in [6, 6.07) is 0.663. The molecule has 1 fully saturated rings. The van der Waals surface area contributed by atoms with E-state index in [-0.39, 0.29) is 6.04 Å². The lowest BCUT2D eigenvalue weighted by atomic mass is 10.2. The lowest BCUT2D eigenvalue weighted by Gasteiger charge is -2.15. The van der Waals surface area contributed by atoms with Crippen molar-refractivity contribution in [3.05, 3.63) is 0 Å². The van der Waals surface area contributed by atoms with Gasteiger partial charge in [0.2, 0.25) is 5.96 Å². The van der Waals surface area contributed by atoms with Gasteiger partial charge in [0, 0.05) is 13.2 Å². The van der Waals surface area contributed by atoms with Crippen LogP contribution in [0.15, 0.2) is 4.99 Å². The summed E-state index contributed by atoms with van der Waals surface area (Å²) in [5.41, 5.74) is 2.61. The van der Waals surface area contributed by atoms with Gasteiger partial charge in [0.15, 0.2) is 0 Å². The smallest absolute Gasteiger partial charge is 0.206 e. The van der Waals surface area contributed by atoms with E-state index in [2.05, 4.69) is 22.7 Å². The molecule has 0 saturated heterocycles. The number of hydrogen-bond acceptors (Lipinski definition) is 3. The Morgan fingerprint density at radius 1 is 1.62 bits per heavy atom. The molecule has 0 heterocycles. The standard InChI is InChI=1S/C11H24N4O/c1-4-5-9-6-10(9)14-11(15-12)13-8(2)7-16-3/h8-10H,4-7,12H2,1-3H3,(H2,13,14,15). The van der Waals surface area contributed by atoms with Crippen LogP contribution < -0.4 is 16.6 Å². The fourth-order valence-corrected chi connectivity index (χ4v) is 1.88. The maximum atomic E-state index is 5.43. The van der Waals surface area contributed by atoms with Crippen LogP contribution in [0.4, 0.5) is 0 Å². The molecule has 3 atom stereocenters. The molecule has 1 aliphatic carbocycles. The Kier molecular flexibility index (Phi) is 5.55. The van der Waals surface area contributed by atoms with Crippen LogP contribution in [-0.2, 0) is 4.74 Å². The second kappa shape index (κ2) is 6.70. The largest absolute Gasteiger partial charge is 0.383 e. The van der Waals surface area contributed by atoms with E-state index in [1.54, 1.807) is 7.11 Å². The highest BCUT2D eigenvalue weighted by Crippen LogP contribution is 2.37. The van der Waals surface area contributed by atoms with E-state index in [1.807, 2.05) is 6.92 Å². The number of nitrogens with two attached hydrogens (primary N) is 1. The Hall–Kier alpha value is -0.810. The molecule has 0 amide bonds. The maximum Gasteiger partial charge on any atom is 0.206 e. The summed E-state index contributed by atoms with van der Waals surface area (Å²) in [4.78, 5) is 4.54. The van der Waals surface area contributed by atoms with Crippen molar-refractivity contribution in [3.8, 4) is 0 Å². The minimum atomic E-state index is 0.211. The van der Waals surface area contributed by atoms with Crippen molar-refractivity contribution < 1.29 is 4.74 Å². The van der Waals surface area contributed by atoms with Gasteiger partial charge in [0.05, 0.1) is 12.6 Å². The van der Waals surface area contributed by atoms with Crippen molar-refractivity contribution in [1.29, 1.82) is 0 Å². The third kappa shape index (κ3) is 4.37. The highest BCUT2D eigenvalue weighted by Gasteiger charge is 2.36. The summed E-state index contributed by atoms with van der Waals surface area (Å²) in [5, 5.41) is 3.19. The molecule has 94 valence electrons. The molecule has 1 saturated carbocycles. The average Bonchev–Trinajstić information content (AvgIpc) is 2.96. The van der Waals surface area contributed by atoms with Crippen LogP contribution in [0.1, 0.15) is 33.1 Å². The molecule has 0 aromatic heterocycles. The van der Waals surface area contributed by atoms with E-state index >= 15 is 0 Å². The van der Waals surface area contributed by atoms with Crippen LogP contribution in [0.2, 0.25) is 0 Å². The minimum absolute atomic E-state index is 0.211. The van der Waals surface area contributed by atoms with Crippen molar-refractivity contribution in [3.63, 3.8) is 0 Å². The zero-order chi connectivity index (χ0) is 12.0. The first-order chi connectivity index (χ1) is 7.71. The minimum Gasteiger partial charge on any atom is -0.383 e. The number of aliphatic imine (C=N–C) groups is 1. The highest BCUT2D eigenvalue weighted by molar-refractivity contribution is 5.79. The van der Waals surface area contributed by atoms with Crippen LogP contribution in [0.5, 0.6) is 0 Å². The third-order valence-corrected chi connectivity index (χ3v) is 2.78. The number of nitrogens with zero attached hydrogens (tertiary/aromatic N) is 1. The first-order valence-electron chi connectivity index (χ1n) is 6.01. The van der Waals surface area contributed by atoms with Gasteiger partial charge in [-0.3, -0.25) is 5.43 Å². The Morgan fingerprint density at radius 3 is 2.94 bits per heavy atom. The van der Waals surface area contributed by atoms with Crippen LogP contribution in [0, 0.1) is 5.92 Å². The number of guanidine groups is 1. The molecule has 0 aromatic carbocycles. The number of rotatable bonds is 6. The van der Waals surface area contributed by atoms with Gasteiger partial charge in [-0.05, 0) is 25.7 Å². The molecular formula is C11H24N4O. The normalized spacial score (nSPS) is 26.4. The second-order valence-corrected chi connectivity index (χ2v) is 4.47. The van der Waals surface area contributed by atoms with Gasteiger partial charge in [0.1, 0.15) is 0 Å². The molecule has 16 heavy (non-hydrogen) atoms. The van der Waals surface area contributed by atoms with Gasteiger partial charge < -0.3 is 10.1 Å². The van der Waals surface area contributed by atoms with E-state index in [9.17, 15) is 0 Å². The topological polar surface area (TPSA) is 71.7 Å². The lowest BCUT2D eigenvalue weighted by Crippen LogP contribution is -2.47. The fourth-order valence-electron chi connectivity index (χ4n) is 1.88. The summed E-state index contributed by atoms with van der Waals surface area (Å²) in [5.74, 6) is 6.86. The van der Waals surface area contributed by atoms with E-state index in [1.165, 1.54) is 19.3 Å². The highest BCUT2D eigenvalue weighted by atomic mass is 16.5. The van der Waals surface area contributed by atoms with Gasteiger partial charge in [-0.25, -0.2) is 10.8 Å². The van der Waals surface area contributed by atoms with Gasteiger partial charge in [-0.1, -0.05) is 13.3 Å². The summed E-state index contributed by atoms with van der Waals surface area (Å²) in [6.45, 7) is 4.89. The fraction of sp³-hybridized carbons (Fsp3) is 0.909. The molecule has 0 spiro atoms. The number of nitrogens with one attached hydrogen (secondary N) is 2. The first-order valence-corrected chi connectivity index (χ1v) is 6.01. The molecule has 5 heteroatoms. The van der Waals surface area contributed by atoms with Gasteiger partial charge in [0.25, 0.3) is 0 Å². The molecule has 1 rings (SSSR count). The molecule has 0 bridgehead atoms. The Bertz CT molecular complexity index is 232. The van der Waals surface area contributed by atoms with Crippen molar-refractivity contribution in [1.82, 2.24) is 10.7 Å². The van der Waals surface area contributed by atoms with Crippen molar-refractivity contribution in [2.45, 2.75) is 45.2 Å². The van der Waals surface area contributed by atoms with Crippen LogP contribution >= 0.6 is 0 Å². The van der Waals surface area contributed by atoms with Crippen LogP contribution in [0.3, 0.4) is 0 Å². The summed E-state index contributed by atoms with van der Waals surface area (Å²) in [7, 11) is 1.68.